The third-order valence-corrected chi connectivity index (χ3v) is 3.31. The summed E-state index contributed by atoms with van der Waals surface area (Å²) >= 11 is 0. The molecule has 0 bridgehead atoms. The van der Waals surface area contributed by atoms with Gasteiger partial charge in [-0.05, 0) is 38.4 Å². The molecule has 5 nitrogen and oxygen atoms in total. The van der Waals surface area contributed by atoms with Gasteiger partial charge in [-0.2, -0.15) is 0 Å². The fraction of sp³-hybridized carbons (Fsp3) is 0.400. The van der Waals surface area contributed by atoms with Crippen LogP contribution in [0.1, 0.15) is 0 Å². The molecule has 0 unspecified atom stereocenters. The van der Waals surface area contributed by atoms with Gasteiger partial charge in [-0.3, -0.25) is 0 Å². The second kappa shape index (κ2) is 6.31. The molecule has 1 aromatic carbocycles. The number of hydrogen-bond donors (Lipinski definition) is 1. The molecule has 5 heteroatoms. The highest BCUT2D eigenvalue weighted by Gasteiger charge is 2.31. The van der Waals surface area contributed by atoms with Crippen molar-refractivity contribution in [3.05, 3.63) is 24.3 Å². The third-order valence-electron chi connectivity index (χ3n) is 3.31. The van der Waals surface area contributed by atoms with Crippen LogP contribution in [0.3, 0.4) is 0 Å². The van der Waals surface area contributed by atoms with Gasteiger partial charge in [0.05, 0.1) is 0 Å². The van der Waals surface area contributed by atoms with Crippen molar-refractivity contribution in [2.24, 2.45) is 0 Å². The number of hydrogen-bond acceptors (Lipinski definition) is 3. The average molecular weight is 273 g/mol. The molecule has 1 heterocycles. The molecule has 1 aliphatic rings. The molecular weight excluding hydrogens is 254 g/mol. The lowest BCUT2D eigenvalue weighted by Gasteiger charge is -2.42. The second-order valence-electron chi connectivity index (χ2n) is 4.97. The van der Waals surface area contributed by atoms with Gasteiger partial charge in [0.15, 0.2) is 0 Å². The van der Waals surface area contributed by atoms with Gasteiger partial charge in [-0.1, -0.05) is 5.92 Å². The van der Waals surface area contributed by atoms with Crippen LogP contribution < -0.4 is 10.1 Å². The van der Waals surface area contributed by atoms with Gasteiger partial charge in [0, 0.05) is 24.8 Å². The summed E-state index contributed by atoms with van der Waals surface area (Å²) in [5.41, 5.74) is 0.747. The Kier molecular flexibility index (Phi) is 4.49. The van der Waals surface area contributed by atoms with E-state index in [2.05, 4.69) is 16.1 Å². The van der Waals surface area contributed by atoms with Crippen LogP contribution in [0.2, 0.25) is 0 Å². The summed E-state index contributed by atoms with van der Waals surface area (Å²) in [6.45, 7) is 1.77. The number of likely N-dealkylation sites (tertiary alicyclic amines) is 1. The van der Waals surface area contributed by atoms with Crippen molar-refractivity contribution >= 4 is 11.7 Å². The number of benzene rings is 1. The summed E-state index contributed by atoms with van der Waals surface area (Å²) in [7, 11) is 4.05. The Balaban J connectivity index is 1.82. The van der Waals surface area contributed by atoms with Gasteiger partial charge in [-0.15, -0.1) is 6.42 Å². The minimum absolute atomic E-state index is 0.0691. The second-order valence-corrected chi connectivity index (χ2v) is 4.97. The number of nitrogens with zero attached hydrogens (tertiary/aromatic N) is 2. The molecule has 0 aliphatic carbocycles. The molecule has 0 spiro atoms. The number of rotatable bonds is 4. The van der Waals surface area contributed by atoms with Gasteiger partial charge in [-0.25, -0.2) is 4.79 Å². The number of amides is 2. The highest BCUT2D eigenvalue weighted by molar-refractivity contribution is 5.90. The lowest BCUT2D eigenvalue weighted by Crippen LogP contribution is -2.60. The molecule has 20 heavy (non-hydrogen) atoms. The standard InChI is InChI=1S/C15H19N3O2/c1-4-9-20-14-7-5-12(6-8-14)16-15(19)18-10-13(11-18)17(2)3/h1,5-8,13H,9-11H2,2-3H3,(H,16,19). The van der Waals surface area contributed by atoms with Crippen LogP contribution in [0.5, 0.6) is 5.75 Å². The number of urea groups is 1. The first-order valence-electron chi connectivity index (χ1n) is 6.49. The van der Waals surface area contributed by atoms with Crippen LogP contribution in [0.25, 0.3) is 0 Å². The lowest BCUT2D eigenvalue weighted by molar-refractivity contribution is 0.0942. The molecule has 2 rings (SSSR count). The topological polar surface area (TPSA) is 44.8 Å². The van der Waals surface area contributed by atoms with Crippen LogP contribution in [0.4, 0.5) is 10.5 Å². The van der Waals surface area contributed by atoms with Crippen LogP contribution in [-0.4, -0.2) is 55.7 Å². The Bertz CT molecular complexity index is 499. The lowest BCUT2D eigenvalue weighted by atomic mass is 10.1. The number of nitrogens with one attached hydrogen (secondary N) is 1. The van der Waals surface area contributed by atoms with Crippen LogP contribution in [-0.2, 0) is 0 Å². The molecule has 1 saturated heterocycles. The maximum absolute atomic E-state index is 12.0. The first-order chi connectivity index (χ1) is 9.60. The average Bonchev–Trinajstić information content (AvgIpc) is 2.35. The van der Waals surface area contributed by atoms with E-state index >= 15 is 0 Å². The number of carbonyl (C=O) groups excluding carboxylic acids is 1. The van der Waals surface area contributed by atoms with Crippen LogP contribution in [0, 0.1) is 12.3 Å². The third kappa shape index (κ3) is 3.43. The fourth-order valence-electron chi connectivity index (χ4n) is 1.91. The minimum atomic E-state index is -0.0691. The monoisotopic (exact) mass is 273 g/mol. The molecule has 0 aromatic heterocycles. The molecule has 0 saturated carbocycles. The maximum atomic E-state index is 12.0. The van der Waals surface area contributed by atoms with Crippen molar-refractivity contribution in [1.29, 1.82) is 0 Å². The van der Waals surface area contributed by atoms with Gasteiger partial charge < -0.3 is 19.9 Å². The maximum Gasteiger partial charge on any atom is 0.321 e. The number of ether oxygens (including phenoxy) is 1. The highest BCUT2D eigenvalue weighted by atomic mass is 16.5. The summed E-state index contributed by atoms with van der Waals surface area (Å²) in [5, 5.41) is 2.86. The number of carbonyl (C=O) groups is 1. The molecule has 0 atom stereocenters. The highest BCUT2D eigenvalue weighted by Crippen LogP contribution is 2.18. The van der Waals surface area contributed by atoms with E-state index in [4.69, 9.17) is 11.2 Å². The fourth-order valence-corrected chi connectivity index (χ4v) is 1.91. The summed E-state index contributed by atoms with van der Waals surface area (Å²) in [6.07, 6.45) is 5.12. The molecular formula is C15H19N3O2. The number of anilines is 1. The summed E-state index contributed by atoms with van der Waals surface area (Å²) in [6, 6.07) is 7.55. The Morgan fingerprint density at radius 2 is 2.10 bits per heavy atom. The zero-order chi connectivity index (χ0) is 14.5. The van der Waals surface area contributed by atoms with Gasteiger partial charge in [0.25, 0.3) is 0 Å². The Morgan fingerprint density at radius 1 is 1.45 bits per heavy atom. The van der Waals surface area contributed by atoms with Crippen LogP contribution in [0.15, 0.2) is 24.3 Å². The van der Waals surface area contributed by atoms with Crippen molar-refractivity contribution in [2.45, 2.75) is 6.04 Å². The van der Waals surface area contributed by atoms with E-state index in [1.54, 1.807) is 29.2 Å². The van der Waals surface area contributed by atoms with E-state index in [9.17, 15) is 4.79 Å². The van der Waals surface area contributed by atoms with Crippen molar-refractivity contribution in [2.75, 3.05) is 39.1 Å². The van der Waals surface area contributed by atoms with Crippen molar-refractivity contribution in [3.8, 4) is 18.1 Å². The summed E-state index contributed by atoms with van der Waals surface area (Å²) in [4.78, 5) is 15.9. The number of likely N-dealkylation sites (N-methyl/N-ethyl adjacent to an activating group) is 1. The van der Waals surface area contributed by atoms with E-state index in [-0.39, 0.29) is 12.6 Å². The predicted molar refractivity (Wildman–Crippen MR) is 78.8 cm³/mol. The molecule has 1 N–H and O–H groups in total. The molecule has 1 aliphatic heterocycles. The Labute approximate surface area is 119 Å². The summed E-state index contributed by atoms with van der Waals surface area (Å²) in [5.74, 6) is 3.10. The first-order valence-corrected chi connectivity index (χ1v) is 6.49. The van der Waals surface area contributed by atoms with Crippen molar-refractivity contribution in [3.63, 3.8) is 0 Å². The van der Waals surface area contributed by atoms with Gasteiger partial charge in [0.2, 0.25) is 0 Å². The molecule has 106 valence electrons. The Morgan fingerprint density at radius 3 is 2.65 bits per heavy atom. The zero-order valence-corrected chi connectivity index (χ0v) is 11.8. The SMILES string of the molecule is C#CCOc1ccc(NC(=O)N2CC(N(C)C)C2)cc1. The van der Waals surface area contributed by atoms with Gasteiger partial charge >= 0.3 is 6.03 Å². The minimum Gasteiger partial charge on any atom is -0.481 e. The van der Waals surface area contributed by atoms with E-state index in [1.165, 1.54) is 0 Å². The van der Waals surface area contributed by atoms with Crippen molar-refractivity contribution in [1.82, 2.24) is 9.80 Å². The largest absolute Gasteiger partial charge is 0.481 e. The van der Waals surface area contributed by atoms with E-state index in [0.717, 1.165) is 18.8 Å². The molecule has 0 radical (unpaired) electrons. The molecule has 2 amide bonds. The van der Waals surface area contributed by atoms with Crippen LogP contribution >= 0.6 is 0 Å². The van der Waals surface area contributed by atoms with E-state index in [0.29, 0.717) is 11.8 Å². The van der Waals surface area contributed by atoms with E-state index in [1.807, 2.05) is 14.1 Å². The molecule has 1 aromatic rings. The zero-order valence-electron chi connectivity index (χ0n) is 11.8. The molecule has 1 fully saturated rings. The smallest absolute Gasteiger partial charge is 0.321 e. The first kappa shape index (κ1) is 14.2. The van der Waals surface area contributed by atoms with Crippen molar-refractivity contribution < 1.29 is 9.53 Å². The van der Waals surface area contributed by atoms with E-state index < -0.39 is 0 Å². The quantitative estimate of drug-likeness (QED) is 0.845. The normalized spacial score (nSPS) is 14.6. The predicted octanol–water partition coefficient (Wildman–Crippen LogP) is 1.48. The van der Waals surface area contributed by atoms with Gasteiger partial charge in [0.1, 0.15) is 12.4 Å². The Hall–Kier alpha value is -2.19. The summed E-state index contributed by atoms with van der Waals surface area (Å²) < 4.78 is 5.27. The number of terminal acetylenes is 1.